The molecule has 0 saturated heterocycles. The second-order valence-electron chi connectivity index (χ2n) is 6.18. The molecule has 2 amide bonds. The summed E-state index contributed by atoms with van der Waals surface area (Å²) in [5.74, 6) is -1.40. The highest BCUT2D eigenvalue weighted by Crippen LogP contribution is 2.35. The van der Waals surface area contributed by atoms with Gasteiger partial charge in [0.05, 0.1) is 29.2 Å². The first kappa shape index (κ1) is 21.7. The molecule has 3 aromatic rings. The lowest BCUT2D eigenvalue weighted by Gasteiger charge is -2.10. The average molecular weight is 459 g/mol. The Morgan fingerprint density at radius 1 is 1.20 bits per heavy atom. The van der Waals surface area contributed by atoms with Crippen molar-refractivity contribution in [2.24, 2.45) is 7.05 Å². The highest BCUT2D eigenvalue weighted by molar-refractivity contribution is 7.13. The van der Waals surface area contributed by atoms with Gasteiger partial charge < -0.3 is 15.2 Å². The maximum absolute atomic E-state index is 12.9. The Kier molecular flexibility index (Phi) is 6.08. The number of thiazole rings is 1. The minimum absolute atomic E-state index is 0.134. The number of nitrogens with zero attached hydrogens (tertiary/aromatic N) is 4. The van der Waals surface area contributed by atoms with Gasteiger partial charge in [-0.05, 0) is 13.0 Å². The second-order valence-corrected chi connectivity index (χ2v) is 7.65. The third-order valence-electron chi connectivity index (χ3n) is 3.81. The lowest BCUT2D eigenvalue weighted by atomic mass is 10.2. The Bertz CT molecular complexity index is 1100. The van der Waals surface area contributed by atoms with Gasteiger partial charge in [-0.2, -0.15) is 13.2 Å². The Balaban J connectivity index is 1.68. The molecule has 3 rings (SSSR count). The maximum atomic E-state index is 12.9. The molecule has 8 nitrogen and oxygen atoms in total. The van der Waals surface area contributed by atoms with Gasteiger partial charge in [0, 0.05) is 19.4 Å². The van der Waals surface area contributed by atoms with Crippen molar-refractivity contribution in [3.05, 3.63) is 57.1 Å². The first-order chi connectivity index (χ1) is 14.0. The Morgan fingerprint density at radius 3 is 2.57 bits per heavy atom. The smallest absolute Gasteiger partial charge is 0.342 e. The molecule has 3 heterocycles. The van der Waals surface area contributed by atoms with Crippen molar-refractivity contribution >= 4 is 40.6 Å². The van der Waals surface area contributed by atoms with Gasteiger partial charge >= 0.3 is 6.18 Å². The van der Waals surface area contributed by atoms with Crippen molar-refractivity contribution in [3.8, 4) is 0 Å². The number of carbonyl (C=O) groups is 2. The summed E-state index contributed by atoms with van der Waals surface area (Å²) in [7, 11) is 1.73. The Labute approximate surface area is 177 Å². The van der Waals surface area contributed by atoms with Crippen molar-refractivity contribution in [2.75, 3.05) is 5.32 Å². The fourth-order valence-corrected chi connectivity index (χ4v) is 3.38. The number of alkyl halides is 3. The number of anilines is 1. The Hall–Kier alpha value is -2.99. The molecule has 1 atom stereocenters. The van der Waals surface area contributed by atoms with Gasteiger partial charge in [0.1, 0.15) is 21.4 Å². The largest absolute Gasteiger partial charge is 0.418 e. The van der Waals surface area contributed by atoms with Crippen LogP contribution in [0, 0.1) is 0 Å². The van der Waals surface area contributed by atoms with Crippen LogP contribution in [0.4, 0.5) is 19.0 Å². The SMILES string of the molecule is C[C@@H](NC(=O)c1cn(C)cn1)c1ncc(C(=O)Nc2cc(C(F)(F)F)c(Cl)cn2)s1. The molecule has 0 saturated carbocycles. The molecule has 0 aliphatic rings. The van der Waals surface area contributed by atoms with E-state index in [0.29, 0.717) is 11.1 Å². The van der Waals surface area contributed by atoms with Gasteiger partial charge in [-0.15, -0.1) is 11.3 Å². The number of imidazole rings is 1. The molecule has 0 bridgehead atoms. The zero-order valence-electron chi connectivity index (χ0n) is 15.5. The lowest BCUT2D eigenvalue weighted by Crippen LogP contribution is -2.26. The number of aryl methyl sites for hydroxylation is 1. The fraction of sp³-hybridized carbons (Fsp3) is 0.235. The predicted octanol–water partition coefficient (Wildman–Crippen LogP) is 3.69. The second kappa shape index (κ2) is 8.40. The van der Waals surface area contributed by atoms with Crippen molar-refractivity contribution in [3.63, 3.8) is 0 Å². The summed E-state index contributed by atoms with van der Waals surface area (Å²) in [5, 5.41) is 4.85. The predicted molar refractivity (Wildman–Crippen MR) is 103 cm³/mol. The van der Waals surface area contributed by atoms with Crippen molar-refractivity contribution in [1.29, 1.82) is 0 Å². The Morgan fingerprint density at radius 2 is 1.93 bits per heavy atom. The average Bonchev–Trinajstić information content (AvgIpc) is 3.31. The number of aromatic nitrogens is 4. The molecular formula is C17H14ClF3N6O2S. The lowest BCUT2D eigenvalue weighted by molar-refractivity contribution is -0.137. The molecule has 0 aromatic carbocycles. The molecule has 13 heteroatoms. The van der Waals surface area contributed by atoms with Crippen LogP contribution < -0.4 is 10.6 Å². The molecule has 0 radical (unpaired) electrons. The van der Waals surface area contributed by atoms with Crippen molar-refractivity contribution < 1.29 is 22.8 Å². The topological polar surface area (TPSA) is 102 Å². The van der Waals surface area contributed by atoms with Crippen LogP contribution in [0.25, 0.3) is 0 Å². The van der Waals surface area contributed by atoms with E-state index in [1.165, 1.54) is 12.5 Å². The van der Waals surface area contributed by atoms with Crippen LogP contribution in [-0.2, 0) is 13.2 Å². The van der Waals surface area contributed by atoms with E-state index in [4.69, 9.17) is 11.6 Å². The quantitative estimate of drug-likeness (QED) is 0.607. The summed E-state index contributed by atoms with van der Waals surface area (Å²) in [6.45, 7) is 1.68. The third-order valence-corrected chi connectivity index (χ3v) is 5.29. The van der Waals surface area contributed by atoms with Crippen molar-refractivity contribution in [2.45, 2.75) is 19.1 Å². The zero-order valence-corrected chi connectivity index (χ0v) is 17.1. The zero-order chi connectivity index (χ0) is 22.1. The van der Waals surface area contributed by atoms with Crippen molar-refractivity contribution in [1.82, 2.24) is 24.8 Å². The van der Waals surface area contributed by atoms with Crippen LogP contribution in [0.1, 0.15) is 43.7 Å². The molecule has 0 unspecified atom stereocenters. The van der Waals surface area contributed by atoms with Crippen LogP contribution in [0.2, 0.25) is 5.02 Å². The summed E-state index contributed by atoms with van der Waals surface area (Å²) in [4.78, 5) is 36.4. The van der Waals surface area contributed by atoms with E-state index in [2.05, 4.69) is 25.6 Å². The normalized spacial score (nSPS) is 12.5. The number of hydrogen-bond acceptors (Lipinski definition) is 6. The van der Waals surface area contributed by atoms with E-state index in [-0.39, 0.29) is 16.4 Å². The van der Waals surface area contributed by atoms with Gasteiger partial charge in [0.2, 0.25) is 0 Å². The van der Waals surface area contributed by atoms with Crippen LogP contribution in [0.3, 0.4) is 0 Å². The maximum Gasteiger partial charge on any atom is 0.418 e. The highest BCUT2D eigenvalue weighted by Gasteiger charge is 2.34. The number of halogens is 4. The van der Waals surface area contributed by atoms with E-state index in [9.17, 15) is 22.8 Å². The van der Waals surface area contributed by atoms with E-state index in [0.717, 1.165) is 17.5 Å². The van der Waals surface area contributed by atoms with Crippen LogP contribution in [-0.4, -0.2) is 31.3 Å². The van der Waals surface area contributed by atoms with E-state index in [1.54, 1.807) is 24.7 Å². The van der Waals surface area contributed by atoms with E-state index in [1.807, 2.05) is 0 Å². The van der Waals surface area contributed by atoms with Gasteiger partial charge in [0.25, 0.3) is 11.8 Å². The summed E-state index contributed by atoms with van der Waals surface area (Å²) in [6.07, 6.45) is 0.433. The minimum atomic E-state index is -4.68. The number of amides is 2. The molecule has 2 N–H and O–H groups in total. The van der Waals surface area contributed by atoms with Gasteiger partial charge in [-0.3, -0.25) is 9.59 Å². The molecule has 0 aliphatic heterocycles. The molecule has 0 spiro atoms. The van der Waals surface area contributed by atoms with E-state index < -0.39 is 34.6 Å². The third kappa shape index (κ3) is 4.94. The van der Waals surface area contributed by atoms with Crippen LogP contribution in [0.5, 0.6) is 0 Å². The molecule has 158 valence electrons. The first-order valence-corrected chi connectivity index (χ1v) is 9.52. The molecule has 0 fully saturated rings. The number of hydrogen-bond donors (Lipinski definition) is 2. The number of nitrogens with one attached hydrogen (secondary N) is 2. The summed E-state index contributed by atoms with van der Waals surface area (Å²) in [6, 6.07) is 0.134. The summed E-state index contributed by atoms with van der Waals surface area (Å²) in [5.41, 5.74) is -0.876. The molecule has 3 aromatic heterocycles. The number of carbonyl (C=O) groups excluding carboxylic acids is 2. The molecular weight excluding hydrogens is 445 g/mol. The number of rotatable bonds is 5. The molecule has 0 aliphatic carbocycles. The van der Waals surface area contributed by atoms with Gasteiger partial charge in [-0.1, -0.05) is 11.6 Å². The molecule has 30 heavy (non-hydrogen) atoms. The van der Waals surface area contributed by atoms with Gasteiger partial charge in [0.15, 0.2) is 0 Å². The van der Waals surface area contributed by atoms with Crippen LogP contribution >= 0.6 is 22.9 Å². The minimum Gasteiger partial charge on any atom is -0.342 e. The summed E-state index contributed by atoms with van der Waals surface area (Å²) < 4.78 is 40.4. The van der Waals surface area contributed by atoms with Gasteiger partial charge in [-0.25, -0.2) is 15.0 Å². The first-order valence-electron chi connectivity index (χ1n) is 8.33. The standard InChI is InChI=1S/C17H14ClF3N6O2S/c1-8(25-14(28)11-6-27(2)7-24-11)16-23-5-12(30-16)15(29)26-13-3-9(17(19,20)21)10(18)4-22-13/h3-8H,1-2H3,(H,25,28)(H,22,26,29)/t8-/m1/s1. The van der Waals surface area contributed by atoms with E-state index >= 15 is 0 Å². The monoisotopic (exact) mass is 458 g/mol. The number of pyridine rings is 1. The fourth-order valence-electron chi connectivity index (χ4n) is 2.36. The summed E-state index contributed by atoms with van der Waals surface area (Å²) >= 11 is 6.50. The van der Waals surface area contributed by atoms with Crippen LogP contribution in [0.15, 0.2) is 31.0 Å². The highest BCUT2D eigenvalue weighted by atomic mass is 35.5.